The van der Waals surface area contributed by atoms with Crippen molar-refractivity contribution in [2.45, 2.75) is 18.3 Å². The molecule has 13 heavy (non-hydrogen) atoms. The van der Waals surface area contributed by atoms with Gasteiger partial charge in [0.1, 0.15) is 18.3 Å². The van der Waals surface area contributed by atoms with Crippen molar-refractivity contribution >= 4 is 6.29 Å². The summed E-state index contributed by atoms with van der Waals surface area (Å²) in [7, 11) is 4.37. The van der Waals surface area contributed by atoms with Crippen LogP contribution in [0, 0.1) is 0 Å². The van der Waals surface area contributed by atoms with Gasteiger partial charge in [0.2, 0.25) is 0 Å². The lowest BCUT2D eigenvalue weighted by atomic mass is 10.1. The zero-order chi connectivity index (χ0) is 10.3. The molecular formula is C8H16O5. The van der Waals surface area contributed by atoms with Gasteiger partial charge in [0.05, 0.1) is 6.61 Å². The van der Waals surface area contributed by atoms with Crippen molar-refractivity contribution in [2.75, 3.05) is 27.9 Å². The molecule has 0 heterocycles. The normalized spacial score (nSPS) is 17.8. The van der Waals surface area contributed by atoms with Gasteiger partial charge in [-0.15, -0.1) is 0 Å². The minimum absolute atomic E-state index is 0.264. The summed E-state index contributed by atoms with van der Waals surface area (Å²) in [6.45, 7) is 0.264. The Bertz CT molecular complexity index is 138. The van der Waals surface area contributed by atoms with E-state index in [1.807, 2.05) is 0 Å². The van der Waals surface area contributed by atoms with Crippen molar-refractivity contribution in [1.29, 1.82) is 0 Å². The quantitative estimate of drug-likeness (QED) is 0.536. The summed E-state index contributed by atoms with van der Waals surface area (Å²) in [6, 6.07) is 0. The van der Waals surface area contributed by atoms with Crippen LogP contribution in [0.2, 0.25) is 0 Å². The van der Waals surface area contributed by atoms with Gasteiger partial charge in [-0.1, -0.05) is 0 Å². The molecular weight excluding hydrogens is 176 g/mol. The van der Waals surface area contributed by atoms with E-state index in [0.717, 1.165) is 0 Å². The van der Waals surface area contributed by atoms with Crippen LogP contribution in [0.4, 0.5) is 0 Å². The SMILES string of the molecule is COC[C@@H](OC)[C@H](OC)[C@@H](O)C=O. The van der Waals surface area contributed by atoms with Gasteiger partial charge >= 0.3 is 0 Å². The number of methoxy groups -OCH3 is 3. The minimum atomic E-state index is -1.19. The molecule has 0 fully saturated rings. The number of aldehydes is 1. The Morgan fingerprint density at radius 1 is 1.31 bits per heavy atom. The third kappa shape index (κ3) is 3.82. The van der Waals surface area contributed by atoms with Crippen LogP contribution < -0.4 is 0 Å². The highest BCUT2D eigenvalue weighted by Crippen LogP contribution is 2.06. The molecule has 0 rings (SSSR count). The second-order valence-electron chi connectivity index (χ2n) is 2.56. The van der Waals surface area contributed by atoms with Crippen molar-refractivity contribution in [1.82, 2.24) is 0 Å². The molecule has 0 saturated carbocycles. The van der Waals surface area contributed by atoms with Gasteiger partial charge in [-0.2, -0.15) is 0 Å². The Morgan fingerprint density at radius 2 is 1.92 bits per heavy atom. The Morgan fingerprint density at radius 3 is 2.23 bits per heavy atom. The maximum Gasteiger partial charge on any atom is 0.151 e. The summed E-state index contributed by atoms with van der Waals surface area (Å²) in [4.78, 5) is 10.3. The molecule has 0 saturated heterocycles. The van der Waals surface area contributed by atoms with Crippen molar-refractivity contribution in [3.05, 3.63) is 0 Å². The van der Waals surface area contributed by atoms with Crippen LogP contribution in [0.3, 0.4) is 0 Å². The highest BCUT2D eigenvalue weighted by atomic mass is 16.6. The fourth-order valence-electron chi connectivity index (χ4n) is 1.05. The van der Waals surface area contributed by atoms with Crippen LogP contribution in [-0.2, 0) is 19.0 Å². The molecule has 78 valence electrons. The average Bonchev–Trinajstić information content (AvgIpc) is 2.17. The van der Waals surface area contributed by atoms with Crippen molar-refractivity contribution in [3.63, 3.8) is 0 Å². The number of rotatable bonds is 7. The molecule has 0 aromatic carbocycles. The van der Waals surface area contributed by atoms with Gasteiger partial charge in [-0.25, -0.2) is 0 Å². The lowest BCUT2D eigenvalue weighted by molar-refractivity contribution is -0.137. The van der Waals surface area contributed by atoms with E-state index in [9.17, 15) is 9.90 Å². The molecule has 0 aliphatic carbocycles. The Balaban J connectivity index is 4.23. The van der Waals surface area contributed by atoms with E-state index < -0.39 is 18.3 Å². The molecule has 0 aromatic heterocycles. The Hall–Kier alpha value is -0.490. The fraction of sp³-hybridized carbons (Fsp3) is 0.875. The molecule has 0 spiro atoms. The molecule has 0 aromatic rings. The average molecular weight is 192 g/mol. The van der Waals surface area contributed by atoms with Crippen LogP contribution >= 0.6 is 0 Å². The highest BCUT2D eigenvalue weighted by Gasteiger charge is 2.27. The van der Waals surface area contributed by atoms with Crippen LogP contribution in [0.1, 0.15) is 0 Å². The number of carbonyl (C=O) groups excluding carboxylic acids is 1. The van der Waals surface area contributed by atoms with Crippen molar-refractivity contribution < 1.29 is 24.1 Å². The van der Waals surface area contributed by atoms with E-state index in [4.69, 9.17) is 14.2 Å². The van der Waals surface area contributed by atoms with E-state index in [0.29, 0.717) is 6.29 Å². The number of carbonyl (C=O) groups is 1. The first-order chi connectivity index (χ1) is 6.21. The van der Waals surface area contributed by atoms with Gasteiger partial charge in [-0.05, 0) is 0 Å². The van der Waals surface area contributed by atoms with Gasteiger partial charge in [0, 0.05) is 21.3 Å². The number of ether oxygens (including phenoxy) is 3. The van der Waals surface area contributed by atoms with Gasteiger partial charge < -0.3 is 24.1 Å². The third-order valence-corrected chi connectivity index (χ3v) is 1.75. The zero-order valence-electron chi connectivity index (χ0n) is 8.10. The standard InChI is InChI=1S/C8H16O5/c1-11-5-7(12-2)8(13-3)6(10)4-9/h4,6-8,10H,5H2,1-3H3/t6-,7+,8+/m0/s1. The molecule has 5 heteroatoms. The summed E-state index contributed by atoms with van der Waals surface area (Å²) in [5.41, 5.74) is 0. The molecule has 0 aliphatic rings. The molecule has 3 atom stereocenters. The molecule has 0 radical (unpaired) electrons. The Labute approximate surface area is 77.6 Å². The zero-order valence-corrected chi connectivity index (χ0v) is 8.10. The molecule has 0 aliphatic heterocycles. The number of aliphatic hydroxyl groups excluding tert-OH is 1. The van der Waals surface area contributed by atoms with E-state index >= 15 is 0 Å². The van der Waals surface area contributed by atoms with Crippen LogP contribution in [0.15, 0.2) is 0 Å². The molecule has 0 bridgehead atoms. The van der Waals surface area contributed by atoms with Crippen LogP contribution in [0.25, 0.3) is 0 Å². The highest BCUT2D eigenvalue weighted by molar-refractivity contribution is 5.56. The molecule has 5 nitrogen and oxygen atoms in total. The number of aliphatic hydroxyl groups is 1. The maximum atomic E-state index is 10.3. The molecule has 0 amide bonds. The van der Waals surface area contributed by atoms with Gasteiger partial charge in [0.25, 0.3) is 0 Å². The second kappa shape index (κ2) is 6.97. The summed E-state index contributed by atoms with van der Waals surface area (Å²) in [6.07, 6.45) is -1.92. The monoisotopic (exact) mass is 192 g/mol. The summed E-state index contributed by atoms with van der Waals surface area (Å²) >= 11 is 0. The lowest BCUT2D eigenvalue weighted by Gasteiger charge is -2.25. The van der Waals surface area contributed by atoms with Crippen molar-refractivity contribution in [3.8, 4) is 0 Å². The smallest absolute Gasteiger partial charge is 0.151 e. The van der Waals surface area contributed by atoms with Crippen molar-refractivity contribution in [2.24, 2.45) is 0 Å². The third-order valence-electron chi connectivity index (χ3n) is 1.75. The molecule has 1 N–H and O–H groups in total. The second-order valence-corrected chi connectivity index (χ2v) is 2.56. The van der Waals surface area contributed by atoms with E-state index in [1.165, 1.54) is 21.3 Å². The van der Waals surface area contributed by atoms with Gasteiger partial charge in [0.15, 0.2) is 6.29 Å². The first-order valence-corrected chi connectivity index (χ1v) is 3.89. The van der Waals surface area contributed by atoms with E-state index in [2.05, 4.69) is 0 Å². The largest absolute Gasteiger partial charge is 0.383 e. The summed E-state index contributed by atoms with van der Waals surface area (Å²) in [5, 5.41) is 9.22. The van der Waals surface area contributed by atoms with Crippen LogP contribution in [0.5, 0.6) is 0 Å². The van der Waals surface area contributed by atoms with E-state index in [1.54, 1.807) is 0 Å². The van der Waals surface area contributed by atoms with Gasteiger partial charge in [-0.3, -0.25) is 0 Å². The predicted molar refractivity (Wildman–Crippen MR) is 45.5 cm³/mol. The topological polar surface area (TPSA) is 65.0 Å². The fourth-order valence-corrected chi connectivity index (χ4v) is 1.05. The maximum absolute atomic E-state index is 10.3. The summed E-state index contributed by atoms with van der Waals surface area (Å²) < 4.78 is 14.8. The van der Waals surface area contributed by atoms with E-state index in [-0.39, 0.29) is 6.61 Å². The predicted octanol–water partition coefficient (Wildman–Crippen LogP) is -0.777. The van der Waals surface area contributed by atoms with Crippen LogP contribution in [-0.4, -0.2) is 57.6 Å². The Kier molecular flexibility index (Phi) is 6.70. The molecule has 0 unspecified atom stereocenters. The first kappa shape index (κ1) is 12.5. The number of hydrogen-bond acceptors (Lipinski definition) is 5. The minimum Gasteiger partial charge on any atom is -0.383 e. The lowest BCUT2D eigenvalue weighted by Crippen LogP contribution is -2.43. The first-order valence-electron chi connectivity index (χ1n) is 3.89. The summed E-state index contributed by atoms with van der Waals surface area (Å²) in [5.74, 6) is 0. The number of hydrogen-bond donors (Lipinski definition) is 1.